The molecule has 1 fully saturated rings. The number of imidazole rings is 1. The Morgan fingerprint density at radius 1 is 1.24 bits per heavy atom. The standard InChI is InChI=1S/C10H15N5O9P2.3Na/c11-9-8-10(13-3-12-9)15(4-14-8)7-1-5(16)6(23-7)2-22-26(20,21)24-25(17,18)19;;;/h3-7,16H,1-2H2,(H,20,21)(H2,11,12,13)(H2,17,18,19);;;/q;3*+1/p-3. The van der Waals surface area contributed by atoms with E-state index >= 15 is 0 Å². The molecule has 19 heteroatoms. The zero-order chi connectivity index (χ0) is 19.1. The van der Waals surface area contributed by atoms with Gasteiger partial charge in [0.1, 0.15) is 24.2 Å². The smallest absolute Gasteiger partial charge is 0.790 e. The quantitative estimate of drug-likeness (QED) is 0.292. The molecule has 1 saturated heterocycles. The van der Waals surface area contributed by atoms with Gasteiger partial charge in [0.05, 0.1) is 26.9 Å². The second-order valence-corrected chi connectivity index (χ2v) is 7.99. The summed E-state index contributed by atoms with van der Waals surface area (Å²) in [4.78, 5) is 43.8. The van der Waals surface area contributed by atoms with Crippen LogP contribution in [0.2, 0.25) is 0 Å². The molecule has 1 aliphatic heterocycles. The molecule has 0 aromatic carbocycles. The van der Waals surface area contributed by atoms with Crippen LogP contribution in [0.4, 0.5) is 5.82 Å². The van der Waals surface area contributed by atoms with Crippen LogP contribution in [0.3, 0.4) is 0 Å². The third kappa shape index (κ3) is 8.11. The number of nitrogens with zero attached hydrogens (tertiary/aromatic N) is 4. The minimum absolute atomic E-state index is 0. The average molecular weight is 477 g/mol. The molecule has 3 rings (SSSR count). The van der Waals surface area contributed by atoms with Crippen LogP contribution in [-0.2, 0) is 22.7 Å². The fourth-order valence-corrected chi connectivity index (χ4v) is 3.93. The van der Waals surface area contributed by atoms with E-state index in [1.54, 1.807) is 0 Å². The topological polar surface area (TPSA) is 221 Å². The number of fused-ring (bicyclic) bond motifs is 1. The maximum Gasteiger partial charge on any atom is 1.00 e. The van der Waals surface area contributed by atoms with Crippen LogP contribution in [0.15, 0.2) is 12.7 Å². The monoisotopic (exact) mass is 477 g/mol. The molecule has 0 spiro atoms. The van der Waals surface area contributed by atoms with E-state index in [9.17, 15) is 28.9 Å². The first kappa shape index (κ1) is 30.5. The van der Waals surface area contributed by atoms with E-state index in [-0.39, 0.29) is 101 Å². The van der Waals surface area contributed by atoms with Gasteiger partial charge in [-0.15, -0.1) is 0 Å². The van der Waals surface area contributed by atoms with E-state index in [2.05, 4.69) is 23.8 Å². The van der Waals surface area contributed by atoms with Gasteiger partial charge in [0.2, 0.25) is 0 Å². The number of anilines is 1. The number of hydrogen-bond donors (Lipinski definition) is 2. The number of phosphoric acid groups is 2. The van der Waals surface area contributed by atoms with Gasteiger partial charge in [-0.3, -0.25) is 13.4 Å². The summed E-state index contributed by atoms with van der Waals surface area (Å²) in [6, 6.07) is 0. The summed E-state index contributed by atoms with van der Waals surface area (Å²) in [6.07, 6.45) is -0.437. The van der Waals surface area contributed by atoms with E-state index in [1.165, 1.54) is 17.2 Å². The molecule has 0 aliphatic carbocycles. The number of nitrogens with two attached hydrogens (primary N) is 1. The maximum atomic E-state index is 11.3. The number of ether oxygens (including phenoxy) is 1. The number of aliphatic hydroxyl groups excluding tert-OH is 1. The molecule has 3 N–H and O–H groups in total. The SMILES string of the molecule is Nc1ncnc2c1ncn2C1CC(O)C(COP(=O)([O-])OP(=O)([O-])[O-])O1.[Na+].[Na+].[Na+]. The van der Waals surface area contributed by atoms with Crippen molar-refractivity contribution < 1.29 is 131 Å². The third-order valence-corrected chi connectivity index (χ3v) is 5.56. The number of aliphatic hydroxyl groups is 1. The van der Waals surface area contributed by atoms with Gasteiger partial charge in [-0.05, 0) is 0 Å². The molecular formula is C10H12N5Na3O9P2. The zero-order valence-electron chi connectivity index (χ0n) is 15.8. The molecule has 4 unspecified atom stereocenters. The van der Waals surface area contributed by atoms with Crippen molar-refractivity contribution in [2.45, 2.75) is 24.9 Å². The minimum Gasteiger partial charge on any atom is -0.790 e. The van der Waals surface area contributed by atoms with Gasteiger partial charge < -0.3 is 39.3 Å². The predicted molar refractivity (Wildman–Crippen MR) is 76.5 cm³/mol. The van der Waals surface area contributed by atoms with Crippen molar-refractivity contribution in [1.29, 1.82) is 0 Å². The summed E-state index contributed by atoms with van der Waals surface area (Å²) in [7, 11) is -11.2. The molecule has 0 radical (unpaired) electrons. The van der Waals surface area contributed by atoms with Crippen molar-refractivity contribution in [3.8, 4) is 0 Å². The first-order valence-electron chi connectivity index (χ1n) is 7.01. The van der Waals surface area contributed by atoms with Gasteiger partial charge in [-0.2, -0.15) is 0 Å². The Bertz CT molecular complexity index is 914. The number of rotatable bonds is 6. The Labute approximate surface area is 230 Å². The van der Waals surface area contributed by atoms with Crippen LogP contribution in [-0.4, -0.2) is 43.4 Å². The maximum absolute atomic E-state index is 11.3. The first-order valence-corrected chi connectivity index (χ1v) is 9.93. The summed E-state index contributed by atoms with van der Waals surface area (Å²) < 4.78 is 36.2. The van der Waals surface area contributed by atoms with Gasteiger partial charge in [-0.25, -0.2) is 15.0 Å². The first-order chi connectivity index (χ1) is 12.1. The fraction of sp³-hybridized carbons (Fsp3) is 0.500. The Balaban J connectivity index is 0.00000261. The summed E-state index contributed by atoms with van der Waals surface area (Å²) >= 11 is 0. The van der Waals surface area contributed by atoms with Crippen molar-refractivity contribution >= 4 is 32.6 Å². The summed E-state index contributed by atoms with van der Waals surface area (Å²) in [5, 5.41) is 10.0. The van der Waals surface area contributed by atoms with Crippen LogP contribution in [0.1, 0.15) is 12.6 Å². The van der Waals surface area contributed by atoms with Gasteiger partial charge in [-0.1, -0.05) is 0 Å². The zero-order valence-corrected chi connectivity index (χ0v) is 23.6. The fourth-order valence-electron chi connectivity index (χ4n) is 2.43. The molecule has 4 atom stereocenters. The second kappa shape index (κ2) is 12.1. The molecule has 0 amide bonds. The molecule has 0 bridgehead atoms. The van der Waals surface area contributed by atoms with Crippen molar-refractivity contribution in [3.05, 3.63) is 12.7 Å². The molecule has 1 aliphatic rings. The molecule has 3 heterocycles. The molecule has 144 valence electrons. The number of aromatic nitrogens is 4. The van der Waals surface area contributed by atoms with Crippen molar-refractivity contribution in [2.24, 2.45) is 0 Å². The third-order valence-electron chi connectivity index (χ3n) is 3.50. The summed E-state index contributed by atoms with van der Waals surface area (Å²) in [5.41, 5.74) is 6.34. The molecule has 2 aromatic heterocycles. The average Bonchev–Trinajstić information content (AvgIpc) is 3.07. The van der Waals surface area contributed by atoms with Crippen molar-refractivity contribution in [3.63, 3.8) is 0 Å². The predicted octanol–water partition coefficient (Wildman–Crippen LogP) is -11.6. The number of phosphoric ester groups is 1. The summed E-state index contributed by atoms with van der Waals surface area (Å²) in [5.74, 6) is 0.149. The van der Waals surface area contributed by atoms with Gasteiger partial charge in [0, 0.05) is 6.42 Å². The van der Waals surface area contributed by atoms with Gasteiger partial charge in [0.25, 0.3) is 7.82 Å². The minimum atomic E-state index is -5.79. The van der Waals surface area contributed by atoms with E-state index in [0.717, 1.165) is 0 Å². The van der Waals surface area contributed by atoms with E-state index in [1.807, 2.05) is 0 Å². The van der Waals surface area contributed by atoms with Crippen molar-refractivity contribution in [1.82, 2.24) is 19.5 Å². The number of nitrogen functional groups attached to an aromatic ring is 1. The van der Waals surface area contributed by atoms with Crippen LogP contribution >= 0.6 is 15.6 Å². The Morgan fingerprint density at radius 3 is 2.52 bits per heavy atom. The Morgan fingerprint density at radius 2 is 1.90 bits per heavy atom. The number of hydrogen-bond acceptors (Lipinski definition) is 13. The van der Waals surface area contributed by atoms with Crippen molar-refractivity contribution in [2.75, 3.05) is 12.3 Å². The van der Waals surface area contributed by atoms with Crippen LogP contribution in [0, 0.1) is 0 Å². The van der Waals surface area contributed by atoms with E-state index in [4.69, 9.17) is 10.5 Å². The summed E-state index contributed by atoms with van der Waals surface area (Å²) in [6.45, 7) is -0.762. The van der Waals surface area contributed by atoms with Crippen LogP contribution < -0.4 is 109 Å². The molecule has 2 aromatic rings. The van der Waals surface area contributed by atoms with Gasteiger partial charge >= 0.3 is 88.7 Å². The van der Waals surface area contributed by atoms with E-state index < -0.39 is 40.7 Å². The molecule has 0 saturated carbocycles. The normalized spacial score (nSPS) is 23.5. The Hall–Kier alpha value is 1.53. The molecule has 14 nitrogen and oxygen atoms in total. The van der Waals surface area contributed by atoms with Crippen LogP contribution in [0.5, 0.6) is 0 Å². The molecule has 29 heavy (non-hydrogen) atoms. The largest absolute Gasteiger partial charge is 1.00 e. The molecular weight excluding hydrogens is 465 g/mol. The Kier molecular flexibility index (Phi) is 12.8. The van der Waals surface area contributed by atoms with Crippen LogP contribution in [0.25, 0.3) is 11.2 Å². The van der Waals surface area contributed by atoms with Gasteiger partial charge in [0.15, 0.2) is 11.5 Å². The second-order valence-electron chi connectivity index (χ2n) is 5.29. The van der Waals surface area contributed by atoms with E-state index in [0.29, 0.717) is 11.2 Å².